The van der Waals surface area contributed by atoms with Gasteiger partial charge < -0.3 is 14.6 Å². The fraction of sp³-hybridized carbons (Fsp3) is 0.176. The molecular formula is C17H18N4O2. The van der Waals surface area contributed by atoms with Crippen molar-refractivity contribution in [2.24, 2.45) is 0 Å². The molecule has 2 N–H and O–H groups in total. The van der Waals surface area contributed by atoms with Gasteiger partial charge in [0.1, 0.15) is 5.75 Å². The second kappa shape index (κ2) is 6.83. The normalized spacial score (nSPS) is 10.5. The molecule has 0 fully saturated rings. The molecule has 2 aromatic heterocycles. The van der Waals surface area contributed by atoms with Crippen LogP contribution in [0, 0.1) is 0 Å². The Balaban J connectivity index is 1.68. The second-order valence-electron chi connectivity index (χ2n) is 5.06. The van der Waals surface area contributed by atoms with E-state index >= 15 is 0 Å². The predicted molar refractivity (Wildman–Crippen MR) is 87.3 cm³/mol. The summed E-state index contributed by atoms with van der Waals surface area (Å²) in [5.74, 6) is 0.628. The molecule has 2 heterocycles. The smallest absolute Gasteiger partial charge is 0.255 e. The van der Waals surface area contributed by atoms with Crippen LogP contribution in [-0.2, 0) is 6.54 Å². The molecule has 0 aliphatic carbocycles. The molecule has 0 aliphatic rings. The number of amides is 1. The average molecular weight is 310 g/mol. The number of carbonyl (C=O) groups is 1. The zero-order valence-corrected chi connectivity index (χ0v) is 12.8. The molecule has 0 radical (unpaired) electrons. The Hall–Kier alpha value is -3.02. The maximum atomic E-state index is 12.3. The van der Waals surface area contributed by atoms with Crippen molar-refractivity contribution >= 4 is 5.91 Å². The van der Waals surface area contributed by atoms with E-state index < -0.39 is 0 Å². The summed E-state index contributed by atoms with van der Waals surface area (Å²) in [6.07, 6.45) is 5.48. The van der Waals surface area contributed by atoms with Gasteiger partial charge in [-0.05, 0) is 36.4 Å². The zero-order valence-electron chi connectivity index (χ0n) is 12.8. The van der Waals surface area contributed by atoms with Gasteiger partial charge in [0.05, 0.1) is 24.6 Å². The maximum absolute atomic E-state index is 12.3. The van der Waals surface area contributed by atoms with E-state index in [4.69, 9.17) is 4.74 Å². The number of nitrogens with one attached hydrogen (secondary N) is 2. The highest BCUT2D eigenvalue weighted by atomic mass is 16.5. The van der Waals surface area contributed by atoms with Crippen molar-refractivity contribution in [2.45, 2.75) is 6.54 Å². The molecule has 0 atom stereocenters. The largest absolute Gasteiger partial charge is 0.497 e. The number of benzene rings is 1. The fourth-order valence-corrected chi connectivity index (χ4v) is 2.35. The highest BCUT2D eigenvalue weighted by molar-refractivity contribution is 5.99. The van der Waals surface area contributed by atoms with Crippen LogP contribution in [0.5, 0.6) is 5.75 Å². The number of nitrogens with zero attached hydrogens (tertiary/aromatic N) is 2. The van der Waals surface area contributed by atoms with Gasteiger partial charge in [0, 0.05) is 31.0 Å². The van der Waals surface area contributed by atoms with E-state index in [1.165, 1.54) is 0 Å². The lowest BCUT2D eigenvalue weighted by Gasteiger charge is -2.07. The van der Waals surface area contributed by atoms with Gasteiger partial charge in [-0.2, -0.15) is 5.10 Å². The van der Waals surface area contributed by atoms with E-state index in [1.807, 2.05) is 53.4 Å². The molecule has 0 saturated carbocycles. The molecule has 0 bridgehead atoms. The molecule has 6 heteroatoms. The minimum Gasteiger partial charge on any atom is -0.497 e. The standard InChI is InChI=1S/C17H18N4O2/c1-23-14-6-4-13(5-7-14)16-15(12-19-20-16)17(22)18-8-11-21-9-2-3-10-21/h2-7,9-10,12H,8,11H2,1H3,(H,18,22)(H,19,20). The monoisotopic (exact) mass is 310 g/mol. The van der Waals surface area contributed by atoms with Gasteiger partial charge in [-0.3, -0.25) is 9.89 Å². The molecule has 6 nitrogen and oxygen atoms in total. The van der Waals surface area contributed by atoms with Crippen LogP contribution < -0.4 is 10.1 Å². The van der Waals surface area contributed by atoms with Gasteiger partial charge in [0.2, 0.25) is 0 Å². The predicted octanol–water partition coefficient (Wildman–Crippen LogP) is 2.32. The van der Waals surface area contributed by atoms with E-state index in [9.17, 15) is 4.79 Å². The van der Waals surface area contributed by atoms with Crippen molar-refractivity contribution in [3.05, 3.63) is 60.6 Å². The first-order valence-electron chi connectivity index (χ1n) is 7.34. The van der Waals surface area contributed by atoms with Gasteiger partial charge in [0.25, 0.3) is 5.91 Å². The van der Waals surface area contributed by atoms with Crippen molar-refractivity contribution in [3.8, 4) is 17.0 Å². The van der Waals surface area contributed by atoms with Gasteiger partial charge in [0.15, 0.2) is 0 Å². The minimum absolute atomic E-state index is 0.142. The Labute approximate surface area is 134 Å². The molecule has 3 aromatic rings. The third kappa shape index (κ3) is 3.42. The van der Waals surface area contributed by atoms with Crippen molar-refractivity contribution in [3.63, 3.8) is 0 Å². The molecule has 23 heavy (non-hydrogen) atoms. The van der Waals surface area contributed by atoms with Crippen molar-refractivity contribution < 1.29 is 9.53 Å². The van der Waals surface area contributed by atoms with E-state index in [-0.39, 0.29) is 5.91 Å². The summed E-state index contributed by atoms with van der Waals surface area (Å²) in [6.45, 7) is 1.29. The van der Waals surface area contributed by atoms with Crippen LogP contribution >= 0.6 is 0 Å². The number of ether oxygens (including phenoxy) is 1. The van der Waals surface area contributed by atoms with E-state index in [0.29, 0.717) is 17.8 Å². The van der Waals surface area contributed by atoms with Crippen LogP contribution in [0.2, 0.25) is 0 Å². The van der Waals surface area contributed by atoms with Gasteiger partial charge in [-0.25, -0.2) is 0 Å². The SMILES string of the molecule is COc1ccc(-c2[nH]ncc2C(=O)NCCn2cccc2)cc1. The summed E-state index contributed by atoms with van der Waals surface area (Å²) in [4.78, 5) is 12.3. The summed E-state index contributed by atoms with van der Waals surface area (Å²) in [7, 11) is 1.62. The number of aromatic amines is 1. The van der Waals surface area contributed by atoms with Gasteiger partial charge in [-0.15, -0.1) is 0 Å². The number of hydrogen-bond donors (Lipinski definition) is 2. The van der Waals surface area contributed by atoms with Crippen molar-refractivity contribution in [1.29, 1.82) is 0 Å². The molecule has 0 spiro atoms. The van der Waals surface area contributed by atoms with Crippen LogP contribution in [-0.4, -0.2) is 34.3 Å². The number of aromatic nitrogens is 3. The highest BCUT2D eigenvalue weighted by Gasteiger charge is 2.14. The first-order valence-corrected chi connectivity index (χ1v) is 7.34. The Bertz CT molecular complexity index is 760. The van der Waals surface area contributed by atoms with Crippen LogP contribution in [0.25, 0.3) is 11.3 Å². The summed E-state index contributed by atoms with van der Waals surface area (Å²) in [6, 6.07) is 11.4. The first kappa shape index (κ1) is 14.9. The van der Waals surface area contributed by atoms with Crippen molar-refractivity contribution in [1.82, 2.24) is 20.1 Å². The first-order chi connectivity index (χ1) is 11.3. The Kier molecular flexibility index (Phi) is 4.42. The Morgan fingerprint density at radius 2 is 2.00 bits per heavy atom. The van der Waals surface area contributed by atoms with Crippen LogP contribution in [0.1, 0.15) is 10.4 Å². The van der Waals surface area contributed by atoms with Gasteiger partial charge >= 0.3 is 0 Å². The summed E-state index contributed by atoms with van der Waals surface area (Å²) in [5, 5.41) is 9.80. The second-order valence-corrected chi connectivity index (χ2v) is 5.06. The molecule has 1 aromatic carbocycles. The number of carbonyl (C=O) groups excluding carboxylic acids is 1. The Morgan fingerprint density at radius 3 is 2.70 bits per heavy atom. The maximum Gasteiger partial charge on any atom is 0.255 e. The van der Waals surface area contributed by atoms with Crippen LogP contribution in [0.3, 0.4) is 0 Å². The summed E-state index contributed by atoms with van der Waals surface area (Å²) < 4.78 is 7.16. The molecule has 0 aliphatic heterocycles. The Morgan fingerprint density at radius 1 is 1.26 bits per heavy atom. The number of methoxy groups -OCH3 is 1. The van der Waals surface area contributed by atoms with Gasteiger partial charge in [-0.1, -0.05) is 0 Å². The number of hydrogen-bond acceptors (Lipinski definition) is 3. The minimum atomic E-state index is -0.142. The number of H-pyrrole nitrogens is 1. The van der Waals surface area contributed by atoms with E-state index in [0.717, 1.165) is 17.9 Å². The third-order valence-electron chi connectivity index (χ3n) is 3.58. The fourth-order valence-electron chi connectivity index (χ4n) is 2.35. The lowest BCUT2D eigenvalue weighted by atomic mass is 10.1. The third-order valence-corrected chi connectivity index (χ3v) is 3.58. The molecule has 118 valence electrons. The van der Waals surface area contributed by atoms with Crippen LogP contribution in [0.4, 0.5) is 0 Å². The number of rotatable bonds is 6. The molecule has 3 rings (SSSR count). The highest BCUT2D eigenvalue weighted by Crippen LogP contribution is 2.23. The quantitative estimate of drug-likeness (QED) is 0.734. The lowest BCUT2D eigenvalue weighted by Crippen LogP contribution is -2.27. The van der Waals surface area contributed by atoms with E-state index in [1.54, 1.807) is 13.3 Å². The topological polar surface area (TPSA) is 71.9 Å². The average Bonchev–Trinajstić information content (AvgIpc) is 3.26. The zero-order chi connectivity index (χ0) is 16.1. The van der Waals surface area contributed by atoms with Crippen molar-refractivity contribution in [2.75, 3.05) is 13.7 Å². The summed E-state index contributed by atoms with van der Waals surface area (Å²) >= 11 is 0. The summed E-state index contributed by atoms with van der Waals surface area (Å²) in [5.41, 5.74) is 2.12. The molecule has 0 unspecified atom stereocenters. The lowest BCUT2D eigenvalue weighted by molar-refractivity contribution is 0.0953. The molecule has 1 amide bonds. The molecular weight excluding hydrogens is 292 g/mol. The van der Waals surface area contributed by atoms with E-state index in [2.05, 4.69) is 15.5 Å². The molecule has 0 saturated heterocycles. The van der Waals surface area contributed by atoms with Crippen LogP contribution in [0.15, 0.2) is 55.0 Å².